The highest BCUT2D eigenvalue weighted by Gasteiger charge is 2.44. The number of amides is 2. The fourth-order valence-corrected chi connectivity index (χ4v) is 12.7. The molecule has 20 nitrogen and oxygen atoms in total. The SMILES string of the molecule is CCn1nccc1-c1ccc([C@H](CO)NC(=O)[C@@H]2C[C@@H](O)CN2C(=O)[C@H](C(C)C)n2cc(-c3ccc(COc4c(-c5c(C)c(F)cc6[nH]ncc56)c(C5CC5)cc5c(N6C[C@H]7C[C@@H]6CN7)nc(OC6CCOCC6)nc45)cc3)nn2)cc1. The number of aryl methyl sites for hydroxylation is 1. The molecule has 0 unspecified atom stereocenters. The Kier molecular flexibility index (Phi) is 14.4. The number of benzene rings is 4. The minimum absolute atomic E-state index is 0.0388. The van der Waals surface area contributed by atoms with Gasteiger partial charge in [-0.3, -0.25) is 19.4 Å². The number of H-pyrrole nitrogens is 1. The van der Waals surface area contributed by atoms with Crippen molar-refractivity contribution in [3.63, 3.8) is 0 Å². The van der Waals surface area contributed by atoms with Crippen molar-refractivity contribution in [2.24, 2.45) is 5.92 Å². The van der Waals surface area contributed by atoms with Crippen LogP contribution >= 0.6 is 0 Å². The van der Waals surface area contributed by atoms with E-state index in [2.05, 4.69) is 47.2 Å². The van der Waals surface area contributed by atoms with Crippen molar-refractivity contribution in [1.82, 2.24) is 60.5 Å². The maximum Gasteiger partial charge on any atom is 0.319 e. The Balaban J connectivity index is 0.780. The molecule has 4 aromatic carbocycles. The van der Waals surface area contributed by atoms with Crippen molar-refractivity contribution < 1.29 is 38.4 Å². The van der Waals surface area contributed by atoms with Crippen molar-refractivity contribution >= 4 is 39.4 Å². The Labute approximate surface area is 473 Å². The smallest absolute Gasteiger partial charge is 0.319 e. The van der Waals surface area contributed by atoms with E-state index in [0.29, 0.717) is 65.0 Å². The molecule has 1 saturated carbocycles. The van der Waals surface area contributed by atoms with Gasteiger partial charge in [-0.2, -0.15) is 20.2 Å². The monoisotopic (exact) mass is 1110 g/mol. The van der Waals surface area contributed by atoms with E-state index in [0.717, 1.165) is 95.3 Å². The van der Waals surface area contributed by atoms with Crippen LogP contribution in [-0.4, -0.2) is 142 Å². The molecule has 426 valence electrons. The number of carbonyl (C=O) groups is 2. The number of aromatic amines is 1. The van der Waals surface area contributed by atoms with Gasteiger partial charge in [0.25, 0.3) is 0 Å². The summed E-state index contributed by atoms with van der Waals surface area (Å²) in [4.78, 5) is 43.0. The number of fused-ring (bicyclic) bond motifs is 4. The number of nitrogens with one attached hydrogen (secondary N) is 3. The molecule has 6 atom stereocenters. The normalized spacial score (nSPS) is 20.8. The van der Waals surface area contributed by atoms with E-state index in [1.165, 1.54) is 15.6 Å². The third kappa shape index (κ3) is 10.1. The molecule has 21 heteroatoms. The van der Waals surface area contributed by atoms with Gasteiger partial charge in [0.15, 0.2) is 5.75 Å². The number of aromatic nitrogens is 9. The van der Waals surface area contributed by atoms with Gasteiger partial charge in [-0.05, 0) is 91.0 Å². The molecule has 4 aromatic heterocycles. The number of aliphatic hydroxyl groups excluding tert-OH is 2. The molecular formula is C61H68FN13O7. The number of hydrogen-bond donors (Lipinski definition) is 5. The molecule has 0 radical (unpaired) electrons. The molecule has 0 spiro atoms. The Hall–Kier alpha value is -7.85. The lowest BCUT2D eigenvalue weighted by atomic mass is 9.88. The third-order valence-electron chi connectivity index (χ3n) is 17.2. The van der Waals surface area contributed by atoms with Gasteiger partial charge in [0, 0.05) is 91.2 Å². The van der Waals surface area contributed by atoms with Crippen LogP contribution in [0.1, 0.15) is 99.6 Å². The summed E-state index contributed by atoms with van der Waals surface area (Å²) in [5.74, 6) is 0.0765. The van der Waals surface area contributed by atoms with Crippen LogP contribution in [0.4, 0.5) is 10.2 Å². The minimum Gasteiger partial charge on any atom is -0.486 e. The summed E-state index contributed by atoms with van der Waals surface area (Å²) in [7, 11) is 0. The first-order valence-corrected chi connectivity index (χ1v) is 28.8. The molecule has 5 N–H and O–H groups in total. The van der Waals surface area contributed by atoms with E-state index in [-0.39, 0.29) is 67.9 Å². The number of anilines is 1. The first-order valence-electron chi connectivity index (χ1n) is 28.8. The van der Waals surface area contributed by atoms with Crippen LogP contribution in [0, 0.1) is 18.7 Å². The predicted octanol–water partition coefficient (Wildman–Crippen LogP) is 7.34. The van der Waals surface area contributed by atoms with E-state index >= 15 is 4.39 Å². The predicted molar refractivity (Wildman–Crippen MR) is 304 cm³/mol. The summed E-state index contributed by atoms with van der Waals surface area (Å²) in [6.45, 7) is 10.9. The first-order chi connectivity index (χ1) is 39.9. The average Bonchev–Trinajstić information content (AvgIpc) is 4.06. The fraction of sp³-hybridized carbons (Fsp3) is 0.443. The molecule has 82 heavy (non-hydrogen) atoms. The Morgan fingerprint density at radius 1 is 0.951 bits per heavy atom. The second kappa shape index (κ2) is 22.1. The second-order valence-electron chi connectivity index (χ2n) is 23.0. The van der Waals surface area contributed by atoms with E-state index in [1.54, 1.807) is 18.6 Å². The molecule has 8 aromatic rings. The van der Waals surface area contributed by atoms with Gasteiger partial charge in [-0.15, -0.1) is 5.10 Å². The van der Waals surface area contributed by atoms with Gasteiger partial charge < -0.3 is 44.9 Å². The Morgan fingerprint density at radius 3 is 2.46 bits per heavy atom. The summed E-state index contributed by atoms with van der Waals surface area (Å²) in [5.41, 5.74) is 8.94. The number of β-amino-alcohol motifs (C(OH)–C–C–N with tert-alkyl or cyclic N) is 1. The highest BCUT2D eigenvalue weighted by Crippen LogP contribution is 2.53. The minimum atomic E-state index is -0.983. The van der Waals surface area contributed by atoms with E-state index in [4.69, 9.17) is 24.2 Å². The molecule has 1 aliphatic carbocycles. The van der Waals surface area contributed by atoms with Gasteiger partial charge in [-0.25, -0.2) is 9.07 Å². The summed E-state index contributed by atoms with van der Waals surface area (Å²) in [5, 5.41) is 50.4. The lowest BCUT2D eigenvalue weighted by molar-refractivity contribution is -0.142. The second-order valence-corrected chi connectivity index (χ2v) is 23.0. The Bertz CT molecular complexity index is 3670. The number of likely N-dealkylation sites (tertiary alicyclic amines) is 1. The van der Waals surface area contributed by atoms with E-state index in [9.17, 15) is 19.8 Å². The molecule has 13 rings (SSSR count). The van der Waals surface area contributed by atoms with Crippen LogP contribution in [0.15, 0.2) is 85.3 Å². The van der Waals surface area contributed by atoms with Crippen LogP contribution < -0.4 is 25.0 Å². The number of aliphatic hydroxyl groups is 2. The number of piperazine rings is 1. The van der Waals surface area contributed by atoms with Crippen molar-refractivity contribution in [2.75, 3.05) is 44.4 Å². The number of nitrogens with zero attached hydrogens (tertiary/aromatic N) is 10. The van der Waals surface area contributed by atoms with Crippen LogP contribution in [0.5, 0.6) is 11.8 Å². The van der Waals surface area contributed by atoms with Crippen molar-refractivity contribution in [1.29, 1.82) is 0 Å². The fourth-order valence-electron chi connectivity index (χ4n) is 12.7. The maximum atomic E-state index is 16.2. The molecular weight excluding hydrogens is 1050 g/mol. The molecule has 2 amide bonds. The highest BCUT2D eigenvalue weighted by atomic mass is 19.1. The van der Waals surface area contributed by atoms with Crippen molar-refractivity contribution in [3.8, 4) is 45.4 Å². The number of rotatable bonds is 18. The average molecular weight is 1110 g/mol. The van der Waals surface area contributed by atoms with Crippen LogP contribution in [0.25, 0.3) is 55.4 Å². The van der Waals surface area contributed by atoms with Gasteiger partial charge in [0.2, 0.25) is 11.8 Å². The number of hydrogen-bond acceptors (Lipinski definition) is 15. The highest BCUT2D eigenvalue weighted by molar-refractivity contribution is 6.06. The standard InChI is InChI=1S/C61H68FN13O7/c1-5-74-51(16-19-65-74)39-14-12-38(13-15-39)50(31-76)66-59(78)52-23-42(77)29-73(52)60(79)56(33(2)3)75-30-49(70-71-75)37-8-6-35(7-9-37)32-81-57-54(53-34(4)47(62)25-48-46(53)27-64-69-48)44(36-10-11-36)24-45-55(57)67-61(82-43-17-20-80-21-18-43)68-58(45)72-28-40-22-41(72)26-63-40/h6-9,12-16,19,24-25,27,30,33,36,40-43,50,52,56,63,76-77H,5,10-11,17-18,20-23,26,28-29,31-32H2,1-4H3,(H,64,69)(H,66,78)/t40-,41-,42-,50+,52+,56+/m1/s1. The zero-order valence-electron chi connectivity index (χ0n) is 46.5. The summed E-state index contributed by atoms with van der Waals surface area (Å²) >= 11 is 0. The molecule has 8 heterocycles. The largest absolute Gasteiger partial charge is 0.486 e. The van der Waals surface area contributed by atoms with Crippen molar-refractivity contribution in [2.45, 2.75) is 128 Å². The molecule has 5 aliphatic rings. The molecule has 2 bridgehead atoms. The van der Waals surface area contributed by atoms with Gasteiger partial charge >= 0.3 is 6.01 Å². The lowest BCUT2D eigenvalue weighted by Gasteiger charge is -2.31. The zero-order chi connectivity index (χ0) is 56.3. The van der Waals surface area contributed by atoms with Crippen LogP contribution in [-0.2, 0) is 27.5 Å². The quantitative estimate of drug-likeness (QED) is 0.0566. The topological polar surface area (TPSA) is 236 Å². The summed E-state index contributed by atoms with van der Waals surface area (Å²) in [6.07, 6.45) is 8.65. The summed E-state index contributed by atoms with van der Waals surface area (Å²) < 4.78 is 39.1. The molecule has 4 saturated heterocycles. The summed E-state index contributed by atoms with van der Waals surface area (Å²) in [6, 6.07) is 19.3. The molecule has 4 aliphatic heterocycles. The van der Waals surface area contributed by atoms with Gasteiger partial charge in [0.1, 0.15) is 47.6 Å². The van der Waals surface area contributed by atoms with E-state index < -0.39 is 30.1 Å². The number of ether oxygens (including phenoxy) is 3. The molecule has 5 fully saturated rings. The zero-order valence-corrected chi connectivity index (χ0v) is 46.5. The third-order valence-corrected chi connectivity index (χ3v) is 17.2. The van der Waals surface area contributed by atoms with Gasteiger partial charge in [0.05, 0.1) is 55.6 Å². The Morgan fingerprint density at radius 2 is 1.74 bits per heavy atom. The first kappa shape index (κ1) is 53.5. The lowest BCUT2D eigenvalue weighted by Crippen LogP contribution is -2.50. The number of carbonyl (C=O) groups excluding carboxylic acids is 2. The van der Waals surface area contributed by atoms with E-state index in [1.807, 2.05) is 87.0 Å². The number of halogens is 1. The van der Waals surface area contributed by atoms with Crippen molar-refractivity contribution in [3.05, 3.63) is 113 Å². The van der Waals surface area contributed by atoms with Gasteiger partial charge in [-0.1, -0.05) is 67.6 Å². The maximum absolute atomic E-state index is 16.2. The van der Waals surface area contributed by atoms with Crippen LogP contribution in [0.3, 0.4) is 0 Å². The van der Waals surface area contributed by atoms with Crippen LogP contribution in [0.2, 0.25) is 0 Å².